The van der Waals surface area contributed by atoms with E-state index in [4.69, 9.17) is 14.5 Å². The lowest BCUT2D eigenvalue weighted by Crippen LogP contribution is -2.09. The molecule has 0 bridgehead atoms. The van der Waals surface area contributed by atoms with Crippen LogP contribution in [0.25, 0.3) is 38.8 Å². The van der Waals surface area contributed by atoms with Crippen LogP contribution in [-0.4, -0.2) is 21.6 Å². The van der Waals surface area contributed by atoms with Gasteiger partial charge in [0.05, 0.1) is 18.1 Å². The lowest BCUT2D eigenvalue weighted by Gasteiger charge is -2.26. The SMILES string of the molecule is COc1ccnc(Oc2cccc(-c3ccc4c5ccccc5n(-c5cc(C6CCC6)ccn5)c4c3)c2)c1. The van der Waals surface area contributed by atoms with E-state index in [1.165, 1.54) is 41.1 Å². The van der Waals surface area contributed by atoms with Crippen molar-refractivity contribution in [3.8, 4) is 34.3 Å². The fourth-order valence-electron chi connectivity index (χ4n) is 5.38. The van der Waals surface area contributed by atoms with Gasteiger partial charge < -0.3 is 9.47 Å². The third-order valence-corrected chi connectivity index (χ3v) is 7.58. The highest BCUT2D eigenvalue weighted by Gasteiger charge is 2.21. The summed E-state index contributed by atoms with van der Waals surface area (Å²) in [5.74, 6) is 3.55. The maximum atomic E-state index is 6.06. The van der Waals surface area contributed by atoms with Crippen molar-refractivity contribution < 1.29 is 9.47 Å². The van der Waals surface area contributed by atoms with Crippen molar-refractivity contribution in [2.75, 3.05) is 7.11 Å². The maximum Gasteiger partial charge on any atom is 0.222 e. The van der Waals surface area contributed by atoms with Gasteiger partial charge in [0.15, 0.2) is 0 Å². The van der Waals surface area contributed by atoms with Gasteiger partial charge in [-0.3, -0.25) is 4.57 Å². The molecule has 6 aromatic rings. The van der Waals surface area contributed by atoms with Gasteiger partial charge in [-0.2, -0.15) is 0 Å². The minimum Gasteiger partial charge on any atom is -0.497 e. The topological polar surface area (TPSA) is 49.2 Å². The monoisotopic (exact) mass is 497 g/mol. The van der Waals surface area contributed by atoms with Crippen LogP contribution in [0.5, 0.6) is 17.4 Å². The van der Waals surface area contributed by atoms with Crippen LogP contribution >= 0.6 is 0 Å². The van der Waals surface area contributed by atoms with E-state index in [0.717, 1.165) is 28.2 Å². The minimum absolute atomic E-state index is 0.495. The predicted molar refractivity (Wildman–Crippen MR) is 151 cm³/mol. The number of aromatic nitrogens is 3. The Kier molecular flexibility index (Phi) is 5.54. The zero-order chi connectivity index (χ0) is 25.5. The second-order valence-electron chi connectivity index (χ2n) is 9.82. The van der Waals surface area contributed by atoms with E-state index >= 15 is 0 Å². The molecule has 7 rings (SSSR count). The van der Waals surface area contributed by atoms with Crippen LogP contribution in [-0.2, 0) is 0 Å². The van der Waals surface area contributed by atoms with Crippen LogP contribution in [0.3, 0.4) is 0 Å². The summed E-state index contributed by atoms with van der Waals surface area (Å²) >= 11 is 0. The van der Waals surface area contributed by atoms with Crippen LogP contribution in [0, 0.1) is 0 Å². The van der Waals surface area contributed by atoms with E-state index in [9.17, 15) is 0 Å². The Hall–Kier alpha value is -4.64. The molecule has 0 aliphatic heterocycles. The molecule has 3 aromatic heterocycles. The van der Waals surface area contributed by atoms with Gasteiger partial charge in [-0.25, -0.2) is 9.97 Å². The summed E-state index contributed by atoms with van der Waals surface area (Å²) in [6, 6.07) is 31.4. The quantitative estimate of drug-likeness (QED) is 0.232. The zero-order valence-corrected chi connectivity index (χ0v) is 21.2. The van der Waals surface area contributed by atoms with Gasteiger partial charge >= 0.3 is 0 Å². The van der Waals surface area contributed by atoms with Gasteiger partial charge in [-0.05, 0) is 77.9 Å². The summed E-state index contributed by atoms with van der Waals surface area (Å²) in [5, 5.41) is 2.44. The third kappa shape index (κ3) is 3.97. The molecular weight excluding hydrogens is 470 g/mol. The summed E-state index contributed by atoms with van der Waals surface area (Å²) < 4.78 is 13.7. The Bertz CT molecular complexity index is 1780. The molecule has 3 aromatic carbocycles. The molecule has 0 saturated heterocycles. The molecule has 0 spiro atoms. The summed E-state index contributed by atoms with van der Waals surface area (Å²) in [5.41, 5.74) is 5.88. The van der Waals surface area contributed by atoms with Gasteiger partial charge in [-0.1, -0.05) is 48.9 Å². The van der Waals surface area contributed by atoms with Crippen molar-refractivity contribution in [1.82, 2.24) is 14.5 Å². The molecule has 1 saturated carbocycles. The number of para-hydroxylation sites is 1. The summed E-state index contributed by atoms with van der Waals surface area (Å²) in [6.45, 7) is 0. The van der Waals surface area contributed by atoms with Gasteiger partial charge in [0.25, 0.3) is 0 Å². The number of ether oxygens (including phenoxy) is 2. The van der Waals surface area contributed by atoms with E-state index in [-0.39, 0.29) is 0 Å². The Balaban J connectivity index is 1.33. The Labute approximate surface area is 221 Å². The molecule has 0 radical (unpaired) electrons. The van der Waals surface area contributed by atoms with Crippen LogP contribution in [0.4, 0.5) is 0 Å². The number of hydrogen-bond donors (Lipinski definition) is 0. The summed E-state index contributed by atoms with van der Waals surface area (Å²) in [4.78, 5) is 9.14. The number of rotatable bonds is 6. The minimum atomic E-state index is 0.495. The first kappa shape index (κ1) is 22.5. The normalized spacial score (nSPS) is 13.5. The van der Waals surface area contributed by atoms with E-state index in [1.54, 1.807) is 25.4 Å². The summed E-state index contributed by atoms with van der Waals surface area (Å²) in [6.07, 6.45) is 7.49. The first-order valence-corrected chi connectivity index (χ1v) is 13.0. The molecule has 38 heavy (non-hydrogen) atoms. The Morgan fingerprint density at radius 3 is 2.42 bits per heavy atom. The molecule has 3 heterocycles. The molecule has 5 heteroatoms. The van der Waals surface area contributed by atoms with Gasteiger partial charge in [0.2, 0.25) is 5.88 Å². The van der Waals surface area contributed by atoms with Gasteiger partial charge in [-0.15, -0.1) is 0 Å². The van der Waals surface area contributed by atoms with Crippen LogP contribution in [0.1, 0.15) is 30.7 Å². The first-order valence-electron chi connectivity index (χ1n) is 13.0. The van der Waals surface area contributed by atoms with Gasteiger partial charge in [0.1, 0.15) is 17.3 Å². The van der Waals surface area contributed by atoms with E-state index in [2.05, 4.69) is 70.2 Å². The number of hydrogen-bond acceptors (Lipinski definition) is 4. The van der Waals surface area contributed by atoms with E-state index in [0.29, 0.717) is 17.5 Å². The number of fused-ring (bicyclic) bond motifs is 3. The predicted octanol–water partition coefficient (Wildman–Crippen LogP) is 8.31. The molecule has 5 nitrogen and oxygen atoms in total. The number of methoxy groups -OCH3 is 1. The highest BCUT2D eigenvalue weighted by molar-refractivity contribution is 6.10. The Morgan fingerprint density at radius 1 is 0.711 bits per heavy atom. The highest BCUT2D eigenvalue weighted by atomic mass is 16.5. The van der Waals surface area contributed by atoms with Gasteiger partial charge in [0, 0.05) is 29.2 Å². The molecule has 186 valence electrons. The fourth-order valence-corrected chi connectivity index (χ4v) is 5.38. The molecule has 1 fully saturated rings. The standard InChI is InChI=1S/C33H27N3O2/c1-37-26-15-17-35-33(21-26)38-27-9-5-8-23(18-27)24-12-13-29-28-10-2-3-11-30(28)36(31(29)19-24)32-20-25(14-16-34-32)22-6-4-7-22/h2-3,5,8-22H,4,6-7H2,1H3. The molecule has 0 unspecified atom stereocenters. The third-order valence-electron chi connectivity index (χ3n) is 7.58. The lowest BCUT2D eigenvalue weighted by molar-refractivity contribution is 0.405. The first-order chi connectivity index (χ1) is 18.8. The van der Waals surface area contributed by atoms with Crippen molar-refractivity contribution in [3.05, 3.63) is 109 Å². The lowest BCUT2D eigenvalue weighted by atomic mass is 9.80. The second-order valence-corrected chi connectivity index (χ2v) is 9.82. The fraction of sp³-hybridized carbons (Fsp3) is 0.152. The molecule has 1 aliphatic rings. The van der Waals surface area contributed by atoms with E-state index in [1.807, 2.05) is 24.4 Å². The van der Waals surface area contributed by atoms with Crippen molar-refractivity contribution in [1.29, 1.82) is 0 Å². The number of benzene rings is 3. The average Bonchev–Trinajstić information content (AvgIpc) is 3.26. The van der Waals surface area contributed by atoms with Crippen LogP contribution in [0.2, 0.25) is 0 Å². The Morgan fingerprint density at radius 2 is 1.55 bits per heavy atom. The van der Waals surface area contributed by atoms with E-state index < -0.39 is 0 Å². The second kappa shape index (κ2) is 9.34. The summed E-state index contributed by atoms with van der Waals surface area (Å²) in [7, 11) is 1.63. The largest absolute Gasteiger partial charge is 0.497 e. The maximum absolute atomic E-state index is 6.06. The molecule has 1 aliphatic carbocycles. The smallest absolute Gasteiger partial charge is 0.222 e. The van der Waals surface area contributed by atoms with Crippen LogP contribution in [0.15, 0.2) is 103 Å². The van der Waals surface area contributed by atoms with Crippen molar-refractivity contribution in [3.63, 3.8) is 0 Å². The number of pyridine rings is 2. The molecule has 0 N–H and O–H groups in total. The van der Waals surface area contributed by atoms with Crippen molar-refractivity contribution >= 4 is 21.8 Å². The van der Waals surface area contributed by atoms with Crippen LogP contribution < -0.4 is 9.47 Å². The average molecular weight is 498 g/mol. The molecule has 0 amide bonds. The van der Waals surface area contributed by atoms with Crippen molar-refractivity contribution in [2.45, 2.75) is 25.2 Å². The molecule has 0 atom stereocenters. The molecular formula is C33H27N3O2. The van der Waals surface area contributed by atoms with Crippen molar-refractivity contribution in [2.24, 2.45) is 0 Å². The number of nitrogens with zero attached hydrogens (tertiary/aromatic N) is 3. The highest BCUT2D eigenvalue weighted by Crippen LogP contribution is 2.39. The zero-order valence-electron chi connectivity index (χ0n) is 21.2.